The minimum Gasteiger partial charge on any atom is -0.497 e. The average molecular weight is 299 g/mol. The van der Waals surface area contributed by atoms with Crippen LogP contribution in [0.4, 0.5) is 0 Å². The largest absolute Gasteiger partial charge is 0.497 e. The van der Waals surface area contributed by atoms with Crippen molar-refractivity contribution in [3.63, 3.8) is 0 Å². The van der Waals surface area contributed by atoms with Gasteiger partial charge in [-0.1, -0.05) is 25.0 Å². The minimum atomic E-state index is -0.476. The molecule has 112 valence electrons. The molecular formula is C15H23ClN2O2. The van der Waals surface area contributed by atoms with Gasteiger partial charge >= 0.3 is 0 Å². The third-order valence-electron chi connectivity index (χ3n) is 3.88. The molecule has 1 aliphatic rings. The van der Waals surface area contributed by atoms with Crippen molar-refractivity contribution in [1.82, 2.24) is 5.32 Å². The molecule has 1 saturated carbocycles. The summed E-state index contributed by atoms with van der Waals surface area (Å²) in [6.45, 7) is 1.71. The van der Waals surface area contributed by atoms with E-state index in [1.165, 1.54) is 0 Å². The SMILES string of the molecule is COc1ccc(C2(NC(=O)[C@H](C)N)CCCC2)cc1.Cl. The van der Waals surface area contributed by atoms with Crippen molar-refractivity contribution >= 4 is 18.3 Å². The maximum Gasteiger partial charge on any atom is 0.237 e. The smallest absolute Gasteiger partial charge is 0.237 e. The van der Waals surface area contributed by atoms with E-state index < -0.39 is 6.04 Å². The Morgan fingerprint density at radius 1 is 1.30 bits per heavy atom. The van der Waals surface area contributed by atoms with Gasteiger partial charge in [0.1, 0.15) is 5.75 Å². The van der Waals surface area contributed by atoms with E-state index in [4.69, 9.17) is 10.5 Å². The molecule has 0 aromatic heterocycles. The minimum absolute atomic E-state index is 0. The second-order valence-electron chi connectivity index (χ2n) is 5.30. The molecule has 1 amide bonds. The Morgan fingerprint density at radius 2 is 1.85 bits per heavy atom. The fourth-order valence-electron chi connectivity index (χ4n) is 2.72. The first-order valence-corrected chi connectivity index (χ1v) is 6.79. The highest BCUT2D eigenvalue weighted by atomic mass is 35.5. The summed E-state index contributed by atoms with van der Waals surface area (Å²) in [5.74, 6) is 0.744. The molecule has 20 heavy (non-hydrogen) atoms. The van der Waals surface area contributed by atoms with Crippen molar-refractivity contribution in [2.75, 3.05) is 7.11 Å². The maximum atomic E-state index is 11.9. The molecule has 3 N–H and O–H groups in total. The molecule has 1 aromatic rings. The number of methoxy groups -OCH3 is 1. The van der Waals surface area contributed by atoms with Gasteiger partial charge in [-0.25, -0.2) is 0 Å². The first-order valence-electron chi connectivity index (χ1n) is 6.79. The Bertz CT molecular complexity index is 440. The van der Waals surface area contributed by atoms with Gasteiger partial charge in [0, 0.05) is 0 Å². The van der Waals surface area contributed by atoms with E-state index in [1.807, 2.05) is 24.3 Å². The summed E-state index contributed by atoms with van der Waals surface area (Å²) < 4.78 is 5.18. The standard InChI is InChI=1S/C15H22N2O2.ClH/c1-11(16)14(18)17-15(9-3-4-10-15)12-5-7-13(19-2)8-6-12;/h5-8,11H,3-4,9-10,16H2,1-2H3,(H,17,18);1H/t11-;/m0./s1. The van der Waals surface area contributed by atoms with Gasteiger partial charge < -0.3 is 15.8 Å². The van der Waals surface area contributed by atoms with Crippen molar-refractivity contribution in [2.45, 2.75) is 44.2 Å². The molecule has 0 unspecified atom stereocenters. The van der Waals surface area contributed by atoms with E-state index in [0.29, 0.717) is 0 Å². The van der Waals surface area contributed by atoms with Gasteiger partial charge in [-0.3, -0.25) is 4.79 Å². The molecule has 1 fully saturated rings. The number of nitrogens with one attached hydrogen (secondary N) is 1. The second kappa shape index (κ2) is 6.95. The molecule has 0 bridgehead atoms. The number of nitrogens with two attached hydrogens (primary N) is 1. The lowest BCUT2D eigenvalue weighted by atomic mass is 9.87. The molecule has 0 radical (unpaired) electrons. The van der Waals surface area contributed by atoms with E-state index in [-0.39, 0.29) is 23.9 Å². The number of amides is 1. The first kappa shape index (κ1) is 16.8. The van der Waals surface area contributed by atoms with Gasteiger partial charge in [-0.05, 0) is 37.5 Å². The van der Waals surface area contributed by atoms with Crippen LogP contribution in [0.2, 0.25) is 0 Å². The Balaban J connectivity index is 0.00000200. The highest BCUT2D eigenvalue weighted by Gasteiger charge is 2.37. The van der Waals surface area contributed by atoms with Crippen LogP contribution in [0, 0.1) is 0 Å². The van der Waals surface area contributed by atoms with Gasteiger partial charge in [-0.15, -0.1) is 12.4 Å². The van der Waals surface area contributed by atoms with E-state index in [0.717, 1.165) is 37.0 Å². The summed E-state index contributed by atoms with van der Waals surface area (Å²) in [6, 6.07) is 7.47. The van der Waals surface area contributed by atoms with Crippen molar-refractivity contribution < 1.29 is 9.53 Å². The maximum absolute atomic E-state index is 11.9. The topological polar surface area (TPSA) is 64.3 Å². The zero-order chi connectivity index (χ0) is 13.9. The molecule has 4 nitrogen and oxygen atoms in total. The number of benzene rings is 1. The van der Waals surface area contributed by atoms with E-state index in [1.54, 1.807) is 14.0 Å². The van der Waals surface area contributed by atoms with Crippen LogP contribution in [0.15, 0.2) is 24.3 Å². The highest BCUT2D eigenvalue weighted by Crippen LogP contribution is 2.39. The predicted octanol–water partition coefficient (Wildman–Crippen LogP) is 2.35. The molecular weight excluding hydrogens is 276 g/mol. The monoisotopic (exact) mass is 298 g/mol. The van der Waals surface area contributed by atoms with Crippen LogP contribution >= 0.6 is 12.4 Å². The second-order valence-corrected chi connectivity index (χ2v) is 5.30. The number of hydrogen-bond donors (Lipinski definition) is 2. The van der Waals surface area contributed by atoms with Gasteiger partial charge in [0.15, 0.2) is 0 Å². The quantitative estimate of drug-likeness (QED) is 0.897. The van der Waals surface area contributed by atoms with Crippen LogP contribution in [0.3, 0.4) is 0 Å². The van der Waals surface area contributed by atoms with Crippen molar-refractivity contribution in [3.8, 4) is 5.75 Å². The number of carbonyl (C=O) groups is 1. The molecule has 1 aromatic carbocycles. The molecule has 0 aliphatic heterocycles. The van der Waals surface area contributed by atoms with Crippen molar-refractivity contribution in [2.24, 2.45) is 5.73 Å². The fraction of sp³-hybridized carbons (Fsp3) is 0.533. The summed E-state index contributed by atoms with van der Waals surface area (Å²) in [7, 11) is 1.65. The van der Waals surface area contributed by atoms with E-state index in [9.17, 15) is 4.79 Å². The summed E-state index contributed by atoms with van der Waals surface area (Å²) in [5, 5.41) is 3.14. The average Bonchev–Trinajstić information content (AvgIpc) is 2.88. The Morgan fingerprint density at radius 3 is 2.30 bits per heavy atom. The Hall–Kier alpha value is -1.26. The molecule has 5 heteroatoms. The number of rotatable bonds is 4. The fourth-order valence-corrected chi connectivity index (χ4v) is 2.72. The van der Waals surface area contributed by atoms with Gasteiger partial charge in [0.25, 0.3) is 0 Å². The highest BCUT2D eigenvalue weighted by molar-refractivity contribution is 5.85. The normalized spacial score (nSPS) is 17.9. The van der Waals surface area contributed by atoms with Crippen LogP contribution in [-0.2, 0) is 10.3 Å². The van der Waals surface area contributed by atoms with Crippen molar-refractivity contribution in [3.05, 3.63) is 29.8 Å². The summed E-state index contributed by atoms with van der Waals surface area (Å²) >= 11 is 0. The summed E-state index contributed by atoms with van der Waals surface area (Å²) in [6.07, 6.45) is 4.20. The number of halogens is 1. The zero-order valence-electron chi connectivity index (χ0n) is 12.0. The van der Waals surface area contributed by atoms with Crippen LogP contribution in [0.1, 0.15) is 38.2 Å². The van der Waals surface area contributed by atoms with Gasteiger partial charge in [0.2, 0.25) is 5.91 Å². The number of hydrogen-bond acceptors (Lipinski definition) is 3. The Kier molecular flexibility index (Phi) is 5.84. The van der Waals surface area contributed by atoms with E-state index in [2.05, 4.69) is 5.32 Å². The first-order chi connectivity index (χ1) is 9.07. The third-order valence-corrected chi connectivity index (χ3v) is 3.88. The number of ether oxygens (including phenoxy) is 1. The van der Waals surface area contributed by atoms with Gasteiger partial charge in [-0.2, -0.15) is 0 Å². The summed E-state index contributed by atoms with van der Waals surface area (Å²) in [5.41, 5.74) is 6.55. The zero-order valence-corrected chi connectivity index (χ0v) is 12.8. The molecule has 1 aliphatic carbocycles. The molecule has 0 saturated heterocycles. The van der Waals surface area contributed by atoms with Crippen LogP contribution in [0.5, 0.6) is 5.75 Å². The molecule has 0 heterocycles. The van der Waals surface area contributed by atoms with Crippen molar-refractivity contribution in [1.29, 1.82) is 0 Å². The molecule has 1 atom stereocenters. The lowest BCUT2D eigenvalue weighted by Crippen LogP contribution is -2.49. The molecule has 2 rings (SSSR count). The third kappa shape index (κ3) is 3.44. The van der Waals surface area contributed by atoms with Crippen LogP contribution in [0.25, 0.3) is 0 Å². The van der Waals surface area contributed by atoms with Crippen LogP contribution < -0.4 is 15.8 Å². The van der Waals surface area contributed by atoms with Gasteiger partial charge in [0.05, 0.1) is 18.7 Å². The lowest BCUT2D eigenvalue weighted by molar-refractivity contribution is -0.124. The van der Waals surface area contributed by atoms with Crippen LogP contribution in [-0.4, -0.2) is 19.1 Å². The Labute approximate surface area is 126 Å². The molecule has 0 spiro atoms. The predicted molar refractivity (Wildman–Crippen MR) is 82.2 cm³/mol. The van der Waals surface area contributed by atoms with E-state index >= 15 is 0 Å². The summed E-state index contributed by atoms with van der Waals surface area (Å²) in [4.78, 5) is 11.9. The number of carbonyl (C=O) groups excluding carboxylic acids is 1. The lowest BCUT2D eigenvalue weighted by Gasteiger charge is -2.32.